The van der Waals surface area contributed by atoms with Crippen molar-refractivity contribution in [3.8, 4) is 0 Å². The lowest BCUT2D eigenvalue weighted by molar-refractivity contribution is 0.211. The molecule has 7 heteroatoms. The molecule has 0 saturated carbocycles. The van der Waals surface area contributed by atoms with Crippen molar-refractivity contribution in [3.63, 3.8) is 0 Å². The van der Waals surface area contributed by atoms with Crippen LogP contribution >= 0.6 is 23.2 Å². The first kappa shape index (κ1) is 15.5. The molecule has 1 aromatic carbocycles. The van der Waals surface area contributed by atoms with Crippen LogP contribution in [0.5, 0.6) is 0 Å². The molecule has 2 aromatic rings. The molecule has 0 unspecified atom stereocenters. The predicted octanol–water partition coefficient (Wildman–Crippen LogP) is 3.25. The van der Waals surface area contributed by atoms with E-state index in [0.717, 1.165) is 32.5 Å². The Morgan fingerprint density at radius 2 is 1.82 bits per heavy atom. The number of benzene rings is 1. The van der Waals surface area contributed by atoms with Crippen LogP contribution in [0.25, 0.3) is 0 Å². The normalized spacial score (nSPS) is 16.6. The number of likely N-dealkylation sites (tertiary alicyclic amines) is 1. The molecule has 0 radical (unpaired) electrons. The standard InChI is InChI=1S/C15H17Cl2N5/c16-13-14(19-15(17)21-20-13)18-12-6-8-22(9-7-12)10-11-4-2-1-3-5-11/h1-5,12H,6-10H2,(H,18,19,21). The van der Waals surface area contributed by atoms with E-state index in [1.54, 1.807) is 0 Å². The van der Waals surface area contributed by atoms with Crippen LogP contribution in [0.2, 0.25) is 10.4 Å². The third kappa shape index (κ3) is 4.06. The van der Waals surface area contributed by atoms with E-state index in [-0.39, 0.29) is 10.4 Å². The van der Waals surface area contributed by atoms with E-state index < -0.39 is 0 Å². The number of nitrogens with one attached hydrogen (secondary N) is 1. The molecular weight excluding hydrogens is 321 g/mol. The molecule has 3 rings (SSSR count). The van der Waals surface area contributed by atoms with Gasteiger partial charge in [-0.1, -0.05) is 41.9 Å². The summed E-state index contributed by atoms with van der Waals surface area (Å²) in [6.07, 6.45) is 2.07. The Bertz CT molecular complexity index is 615. The van der Waals surface area contributed by atoms with Crippen molar-refractivity contribution in [1.82, 2.24) is 20.1 Å². The van der Waals surface area contributed by atoms with Gasteiger partial charge in [-0.3, -0.25) is 4.90 Å². The van der Waals surface area contributed by atoms with Gasteiger partial charge >= 0.3 is 0 Å². The summed E-state index contributed by atoms with van der Waals surface area (Å²) in [6, 6.07) is 10.9. The van der Waals surface area contributed by atoms with E-state index >= 15 is 0 Å². The fourth-order valence-corrected chi connectivity index (χ4v) is 2.91. The molecule has 0 amide bonds. The second-order valence-corrected chi connectivity index (χ2v) is 6.10. The van der Waals surface area contributed by atoms with E-state index in [9.17, 15) is 0 Å². The molecule has 22 heavy (non-hydrogen) atoms. The van der Waals surface area contributed by atoms with Crippen molar-refractivity contribution in [1.29, 1.82) is 0 Å². The van der Waals surface area contributed by atoms with Gasteiger partial charge in [0, 0.05) is 25.7 Å². The molecule has 1 aliphatic rings. The summed E-state index contributed by atoms with van der Waals surface area (Å²) in [6.45, 7) is 3.07. The average Bonchev–Trinajstić information content (AvgIpc) is 2.54. The van der Waals surface area contributed by atoms with E-state index in [2.05, 4.69) is 49.7 Å². The average molecular weight is 338 g/mol. The van der Waals surface area contributed by atoms with Crippen molar-refractivity contribution in [2.45, 2.75) is 25.4 Å². The van der Waals surface area contributed by atoms with Gasteiger partial charge < -0.3 is 5.32 Å². The second-order valence-electron chi connectivity index (χ2n) is 5.40. The zero-order chi connectivity index (χ0) is 15.4. The van der Waals surface area contributed by atoms with Crippen molar-refractivity contribution in [2.24, 2.45) is 0 Å². The lowest BCUT2D eigenvalue weighted by Gasteiger charge is -2.32. The van der Waals surface area contributed by atoms with Gasteiger partial charge in [-0.05, 0) is 30.0 Å². The third-order valence-electron chi connectivity index (χ3n) is 3.80. The first-order valence-electron chi connectivity index (χ1n) is 7.29. The van der Waals surface area contributed by atoms with E-state index in [1.807, 2.05) is 6.07 Å². The highest BCUT2D eigenvalue weighted by Gasteiger charge is 2.20. The lowest BCUT2D eigenvalue weighted by Crippen LogP contribution is -2.38. The molecule has 116 valence electrons. The molecule has 0 bridgehead atoms. The molecule has 1 aromatic heterocycles. The molecule has 0 aliphatic carbocycles. The van der Waals surface area contributed by atoms with Crippen molar-refractivity contribution in [3.05, 3.63) is 46.3 Å². The van der Waals surface area contributed by atoms with Gasteiger partial charge in [0.2, 0.25) is 5.28 Å². The Balaban J connectivity index is 1.52. The van der Waals surface area contributed by atoms with Crippen LogP contribution in [0.1, 0.15) is 18.4 Å². The molecule has 1 N–H and O–H groups in total. The Morgan fingerprint density at radius 1 is 1.09 bits per heavy atom. The van der Waals surface area contributed by atoms with E-state index in [4.69, 9.17) is 23.2 Å². The smallest absolute Gasteiger partial charge is 0.245 e. The Kier molecular flexibility index (Phi) is 5.08. The largest absolute Gasteiger partial charge is 0.365 e. The summed E-state index contributed by atoms with van der Waals surface area (Å²) >= 11 is 11.7. The Morgan fingerprint density at radius 3 is 2.55 bits per heavy atom. The summed E-state index contributed by atoms with van der Waals surface area (Å²) in [7, 11) is 0. The van der Waals surface area contributed by atoms with Gasteiger partial charge in [-0.15, -0.1) is 10.2 Å². The molecule has 0 spiro atoms. The molecule has 1 saturated heterocycles. The van der Waals surface area contributed by atoms with Gasteiger partial charge in [0.1, 0.15) is 0 Å². The monoisotopic (exact) mass is 337 g/mol. The number of piperidine rings is 1. The van der Waals surface area contributed by atoms with E-state index in [1.165, 1.54) is 5.56 Å². The highest BCUT2D eigenvalue weighted by molar-refractivity contribution is 6.32. The summed E-state index contributed by atoms with van der Waals surface area (Å²) in [5.74, 6) is 0.517. The van der Waals surface area contributed by atoms with Crippen LogP contribution in [0.4, 0.5) is 5.82 Å². The van der Waals surface area contributed by atoms with Gasteiger partial charge in [0.25, 0.3) is 0 Å². The van der Waals surface area contributed by atoms with E-state index in [0.29, 0.717) is 11.9 Å². The summed E-state index contributed by atoms with van der Waals surface area (Å²) < 4.78 is 0. The number of nitrogens with zero attached hydrogens (tertiary/aromatic N) is 4. The minimum Gasteiger partial charge on any atom is -0.365 e. The lowest BCUT2D eigenvalue weighted by atomic mass is 10.0. The first-order valence-corrected chi connectivity index (χ1v) is 8.05. The maximum Gasteiger partial charge on any atom is 0.245 e. The molecule has 2 heterocycles. The highest BCUT2D eigenvalue weighted by Crippen LogP contribution is 2.21. The zero-order valence-electron chi connectivity index (χ0n) is 12.0. The molecule has 1 fully saturated rings. The predicted molar refractivity (Wildman–Crippen MR) is 88.2 cm³/mol. The SMILES string of the molecule is Clc1nnc(Cl)c(NC2CCN(Cc3ccccc3)CC2)n1. The van der Waals surface area contributed by atoms with Crippen LogP contribution in [-0.4, -0.2) is 39.2 Å². The van der Waals surface area contributed by atoms with Crippen molar-refractivity contribution in [2.75, 3.05) is 18.4 Å². The topological polar surface area (TPSA) is 53.9 Å². The Hall–Kier alpha value is -1.43. The van der Waals surface area contributed by atoms with Gasteiger partial charge in [0.05, 0.1) is 0 Å². The number of aromatic nitrogens is 3. The number of rotatable bonds is 4. The third-order valence-corrected chi connectivity index (χ3v) is 4.21. The summed E-state index contributed by atoms with van der Waals surface area (Å²) in [5, 5.41) is 11.1. The van der Waals surface area contributed by atoms with Crippen LogP contribution in [0.15, 0.2) is 30.3 Å². The minimum atomic E-state index is 0.105. The van der Waals surface area contributed by atoms with Crippen molar-refractivity contribution < 1.29 is 0 Å². The second kappa shape index (κ2) is 7.22. The quantitative estimate of drug-likeness (QED) is 0.927. The molecule has 0 atom stereocenters. The van der Waals surface area contributed by atoms with Gasteiger partial charge in [-0.2, -0.15) is 4.98 Å². The van der Waals surface area contributed by atoms with Crippen LogP contribution in [0, 0.1) is 0 Å². The van der Waals surface area contributed by atoms with Crippen molar-refractivity contribution >= 4 is 29.0 Å². The van der Waals surface area contributed by atoms with Crippen LogP contribution in [0.3, 0.4) is 0 Å². The molecule has 1 aliphatic heterocycles. The fourth-order valence-electron chi connectivity index (χ4n) is 2.66. The maximum absolute atomic E-state index is 5.98. The minimum absolute atomic E-state index is 0.105. The molecule has 5 nitrogen and oxygen atoms in total. The maximum atomic E-state index is 5.98. The van der Waals surface area contributed by atoms with Gasteiger partial charge in [0.15, 0.2) is 11.0 Å². The zero-order valence-corrected chi connectivity index (χ0v) is 13.6. The number of hydrogen-bond acceptors (Lipinski definition) is 5. The molecular formula is C15H17Cl2N5. The first-order chi connectivity index (χ1) is 10.7. The number of halogens is 2. The van der Waals surface area contributed by atoms with Crippen LogP contribution < -0.4 is 5.32 Å². The number of hydrogen-bond donors (Lipinski definition) is 1. The highest BCUT2D eigenvalue weighted by atomic mass is 35.5. The Labute approximate surface area is 139 Å². The number of anilines is 1. The summed E-state index contributed by atoms with van der Waals surface area (Å²) in [4.78, 5) is 6.55. The fraction of sp³-hybridized carbons (Fsp3) is 0.400. The van der Waals surface area contributed by atoms with Crippen LogP contribution in [-0.2, 0) is 6.54 Å². The summed E-state index contributed by atoms with van der Waals surface area (Å²) in [5.41, 5.74) is 1.35. The van der Waals surface area contributed by atoms with Gasteiger partial charge in [-0.25, -0.2) is 0 Å².